The number of thiophene rings is 1. The van der Waals surface area contributed by atoms with E-state index in [9.17, 15) is 14.4 Å². The van der Waals surface area contributed by atoms with Gasteiger partial charge in [-0.25, -0.2) is 4.79 Å². The summed E-state index contributed by atoms with van der Waals surface area (Å²) >= 11 is 1.20. The molecule has 1 aromatic heterocycles. The number of nitrogens with zero attached hydrogens (tertiary/aromatic N) is 1. The van der Waals surface area contributed by atoms with Gasteiger partial charge in [-0.3, -0.25) is 9.59 Å². The van der Waals surface area contributed by atoms with Gasteiger partial charge in [0.15, 0.2) is 6.10 Å². The number of benzene rings is 1. The highest BCUT2D eigenvalue weighted by Crippen LogP contribution is 2.22. The van der Waals surface area contributed by atoms with Crippen LogP contribution in [0.15, 0.2) is 41.8 Å². The molecule has 134 valence electrons. The van der Waals surface area contributed by atoms with Crippen LogP contribution in [0.2, 0.25) is 0 Å². The molecule has 0 aliphatic carbocycles. The van der Waals surface area contributed by atoms with E-state index in [2.05, 4.69) is 10.6 Å². The van der Waals surface area contributed by atoms with Crippen molar-refractivity contribution in [3.8, 4) is 6.07 Å². The van der Waals surface area contributed by atoms with Gasteiger partial charge in [0, 0.05) is 5.56 Å². The van der Waals surface area contributed by atoms with Crippen LogP contribution in [0.1, 0.15) is 29.8 Å². The summed E-state index contributed by atoms with van der Waals surface area (Å²) in [5, 5.41) is 16.1. The number of hydrogen-bond donors (Lipinski definition) is 2. The second-order valence-corrected chi connectivity index (χ2v) is 6.32. The number of carbonyl (C=O) groups is 3. The van der Waals surface area contributed by atoms with Gasteiger partial charge in [-0.2, -0.15) is 5.26 Å². The van der Waals surface area contributed by atoms with Crippen molar-refractivity contribution in [1.29, 1.82) is 5.26 Å². The van der Waals surface area contributed by atoms with Crippen molar-refractivity contribution >= 4 is 34.1 Å². The van der Waals surface area contributed by atoms with Gasteiger partial charge in [-0.15, -0.1) is 11.3 Å². The highest BCUT2D eigenvalue weighted by atomic mass is 32.1. The number of anilines is 1. The molecule has 26 heavy (non-hydrogen) atoms. The lowest BCUT2D eigenvalue weighted by Gasteiger charge is -2.17. The number of carbonyl (C=O) groups excluding carboxylic acids is 3. The Labute approximate surface area is 154 Å². The van der Waals surface area contributed by atoms with Crippen molar-refractivity contribution in [2.24, 2.45) is 0 Å². The van der Waals surface area contributed by atoms with E-state index in [1.165, 1.54) is 25.2 Å². The molecule has 2 amide bonds. The summed E-state index contributed by atoms with van der Waals surface area (Å²) in [6.07, 6.45) is -1.08. The largest absolute Gasteiger partial charge is 0.451 e. The first-order valence-electron chi connectivity index (χ1n) is 7.77. The first kappa shape index (κ1) is 19.1. The molecule has 2 atom stereocenters. The number of hydrogen-bond acceptors (Lipinski definition) is 6. The van der Waals surface area contributed by atoms with Crippen molar-refractivity contribution in [3.63, 3.8) is 0 Å². The molecule has 0 aliphatic rings. The lowest BCUT2D eigenvalue weighted by molar-refractivity contribution is -0.154. The number of amides is 2. The van der Waals surface area contributed by atoms with Gasteiger partial charge in [-0.1, -0.05) is 18.2 Å². The van der Waals surface area contributed by atoms with Crippen molar-refractivity contribution in [3.05, 3.63) is 52.9 Å². The fraction of sp³-hybridized carbons (Fsp3) is 0.222. The molecule has 0 radical (unpaired) electrons. The molecule has 0 spiro atoms. The molecule has 0 bridgehead atoms. The summed E-state index contributed by atoms with van der Waals surface area (Å²) in [6, 6.07) is 11.1. The van der Waals surface area contributed by atoms with Gasteiger partial charge in [0.05, 0.1) is 5.56 Å². The van der Waals surface area contributed by atoms with E-state index in [-0.39, 0.29) is 0 Å². The van der Waals surface area contributed by atoms with Crippen molar-refractivity contribution < 1.29 is 19.1 Å². The number of nitrogens with one attached hydrogen (secondary N) is 2. The van der Waals surface area contributed by atoms with Crippen molar-refractivity contribution in [2.45, 2.75) is 26.0 Å². The SMILES string of the molecule is C[C@H](NC(=O)c1ccccc1)C(=O)O[C@H](C)C(=O)Nc1sccc1C#N. The summed E-state index contributed by atoms with van der Waals surface area (Å²) in [5.74, 6) is -1.70. The third-order valence-corrected chi connectivity index (χ3v) is 4.25. The quantitative estimate of drug-likeness (QED) is 0.758. The normalized spacial score (nSPS) is 12.3. The summed E-state index contributed by atoms with van der Waals surface area (Å²) in [5.41, 5.74) is 0.755. The highest BCUT2D eigenvalue weighted by molar-refractivity contribution is 7.14. The average Bonchev–Trinajstić information content (AvgIpc) is 3.09. The van der Waals surface area contributed by atoms with Gasteiger partial charge < -0.3 is 15.4 Å². The maximum atomic E-state index is 12.1. The molecule has 1 heterocycles. The van der Waals surface area contributed by atoms with Crippen LogP contribution < -0.4 is 10.6 Å². The van der Waals surface area contributed by atoms with Crippen LogP contribution in [0.3, 0.4) is 0 Å². The van der Waals surface area contributed by atoms with E-state index in [1.807, 2.05) is 6.07 Å². The van der Waals surface area contributed by atoms with E-state index in [1.54, 1.807) is 41.8 Å². The zero-order chi connectivity index (χ0) is 19.1. The van der Waals surface area contributed by atoms with E-state index >= 15 is 0 Å². The summed E-state index contributed by atoms with van der Waals surface area (Å²) in [7, 11) is 0. The van der Waals surface area contributed by atoms with Crippen LogP contribution in [0.25, 0.3) is 0 Å². The van der Waals surface area contributed by atoms with E-state index in [0.29, 0.717) is 16.1 Å². The lowest BCUT2D eigenvalue weighted by atomic mass is 10.2. The van der Waals surface area contributed by atoms with Crippen LogP contribution in [-0.2, 0) is 14.3 Å². The Morgan fingerprint density at radius 3 is 2.50 bits per heavy atom. The van der Waals surface area contributed by atoms with Crippen LogP contribution in [0.4, 0.5) is 5.00 Å². The van der Waals surface area contributed by atoms with Gasteiger partial charge in [0.2, 0.25) is 0 Å². The van der Waals surface area contributed by atoms with Crippen molar-refractivity contribution in [2.75, 3.05) is 5.32 Å². The minimum Gasteiger partial charge on any atom is -0.451 e. The monoisotopic (exact) mass is 371 g/mol. The molecule has 2 rings (SSSR count). The second kappa shape index (κ2) is 8.78. The number of ether oxygens (including phenoxy) is 1. The maximum absolute atomic E-state index is 12.1. The molecule has 0 saturated carbocycles. The molecule has 8 heteroatoms. The third kappa shape index (κ3) is 4.91. The molecule has 2 N–H and O–H groups in total. The Hall–Kier alpha value is -3.18. The van der Waals surface area contributed by atoms with E-state index in [0.717, 1.165) is 0 Å². The molecule has 0 fully saturated rings. The van der Waals surface area contributed by atoms with Gasteiger partial charge in [-0.05, 0) is 37.4 Å². The van der Waals surface area contributed by atoms with Gasteiger partial charge in [0.25, 0.3) is 11.8 Å². The lowest BCUT2D eigenvalue weighted by Crippen LogP contribution is -2.42. The third-order valence-electron chi connectivity index (χ3n) is 3.42. The van der Waals surface area contributed by atoms with Crippen molar-refractivity contribution in [1.82, 2.24) is 5.32 Å². The fourth-order valence-corrected chi connectivity index (χ4v) is 2.71. The first-order valence-corrected chi connectivity index (χ1v) is 8.65. The highest BCUT2D eigenvalue weighted by Gasteiger charge is 2.24. The Morgan fingerprint density at radius 2 is 1.85 bits per heavy atom. The topological polar surface area (TPSA) is 108 Å². The molecule has 0 unspecified atom stereocenters. The summed E-state index contributed by atoms with van der Waals surface area (Å²) in [4.78, 5) is 36.2. The van der Waals surface area contributed by atoms with E-state index < -0.39 is 29.9 Å². The standard InChI is InChI=1S/C18H17N3O4S/c1-11(20-16(23)13-6-4-3-5-7-13)18(24)25-12(2)15(22)21-17-14(10-19)8-9-26-17/h3-9,11-12H,1-2H3,(H,20,23)(H,21,22)/t11-,12+/m0/s1. The molecular formula is C18H17N3O4S. The molecule has 0 aliphatic heterocycles. The molecule has 0 saturated heterocycles. The number of esters is 1. The zero-order valence-electron chi connectivity index (χ0n) is 14.2. The Kier molecular flexibility index (Phi) is 6.47. The molecule has 2 aromatic rings. The predicted molar refractivity (Wildman–Crippen MR) is 96.6 cm³/mol. The summed E-state index contributed by atoms with van der Waals surface area (Å²) < 4.78 is 5.09. The number of nitriles is 1. The number of rotatable bonds is 6. The van der Waals surface area contributed by atoms with Crippen LogP contribution in [-0.4, -0.2) is 29.9 Å². The maximum Gasteiger partial charge on any atom is 0.329 e. The Morgan fingerprint density at radius 1 is 1.15 bits per heavy atom. The smallest absolute Gasteiger partial charge is 0.329 e. The fourth-order valence-electron chi connectivity index (χ4n) is 1.97. The van der Waals surface area contributed by atoms with E-state index in [4.69, 9.17) is 10.00 Å². The first-order chi connectivity index (χ1) is 12.4. The van der Waals surface area contributed by atoms with Gasteiger partial charge in [0.1, 0.15) is 17.1 Å². The predicted octanol–water partition coefficient (Wildman–Crippen LogP) is 2.31. The minimum atomic E-state index is -1.08. The molecular weight excluding hydrogens is 354 g/mol. The minimum absolute atomic E-state index is 0.338. The zero-order valence-corrected chi connectivity index (χ0v) is 15.0. The Balaban J connectivity index is 1.88. The second-order valence-electron chi connectivity index (χ2n) is 5.40. The van der Waals surface area contributed by atoms with Crippen LogP contribution in [0.5, 0.6) is 0 Å². The molecule has 1 aromatic carbocycles. The average molecular weight is 371 g/mol. The summed E-state index contributed by atoms with van der Waals surface area (Å²) in [6.45, 7) is 2.89. The van der Waals surface area contributed by atoms with Crippen LogP contribution in [0, 0.1) is 11.3 Å². The van der Waals surface area contributed by atoms with Crippen LogP contribution >= 0.6 is 11.3 Å². The van der Waals surface area contributed by atoms with Gasteiger partial charge >= 0.3 is 5.97 Å². The Bertz CT molecular complexity index is 842. The molecule has 7 nitrogen and oxygen atoms in total.